The Bertz CT molecular complexity index is 363. The van der Waals surface area contributed by atoms with E-state index in [1.807, 2.05) is 12.1 Å². The Kier molecular flexibility index (Phi) is 4.47. The molecule has 0 aliphatic carbocycles. The molecule has 0 amide bonds. The van der Waals surface area contributed by atoms with Gasteiger partial charge in [-0.15, -0.1) is 4.91 Å². The molecule has 6 heteroatoms. The van der Waals surface area contributed by atoms with E-state index < -0.39 is 0 Å². The Morgan fingerprint density at radius 1 is 1.73 bits per heavy atom. The van der Waals surface area contributed by atoms with Gasteiger partial charge in [-0.25, -0.2) is 4.98 Å². The van der Waals surface area contributed by atoms with Gasteiger partial charge in [-0.05, 0) is 39.4 Å². The molecule has 0 aromatic carbocycles. The van der Waals surface area contributed by atoms with E-state index in [1.165, 1.54) is 0 Å². The summed E-state index contributed by atoms with van der Waals surface area (Å²) in [5.41, 5.74) is 6.60. The van der Waals surface area contributed by atoms with Crippen LogP contribution in [0.2, 0.25) is 0 Å². The van der Waals surface area contributed by atoms with E-state index in [0.717, 1.165) is 15.5 Å². The second-order valence-corrected chi connectivity index (χ2v) is 4.11. The number of rotatable bonds is 4. The molecule has 0 spiro atoms. The van der Waals surface area contributed by atoms with Gasteiger partial charge in [0.1, 0.15) is 15.7 Å². The lowest BCUT2D eigenvalue weighted by atomic mass is 10.3. The van der Waals surface area contributed by atoms with Gasteiger partial charge in [-0.2, -0.15) is 0 Å². The van der Waals surface area contributed by atoms with Crippen LogP contribution in [0.25, 0.3) is 0 Å². The Labute approximate surface area is 101 Å². The minimum Gasteiger partial charge on any atom is -0.384 e. The second-order valence-electron chi connectivity index (χ2n) is 3.00. The molecule has 0 aliphatic rings. The number of aromatic nitrogens is 1. The second kappa shape index (κ2) is 5.64. The summed E-state index contributed by atoms with van der Waals surface area (Å²) in [7, 11) is 1.79. The van der Waals surface area contributed by atoms with Gasteiger partial charge < -0.3 is 10.6 Å². The molecule has 1 heterocycles. The summed E-state index contributed by atoms with van der Waals surface area (Å²) in [4.78, 5) is 15.8. The zero-order valence-corrected chi connectivity index (χ0v) is 10.4. The molecule has 0 saturated carbocycles. The van der Waals surface area contributed by atoms with Crippen molar-refractivity contribution >= 4 is 22.6 Å². The van der Waals surface area contributed by atoms with E-state index in [1.54, 1.807) is 18.1 Å². The largest absolute Gasteiger partial charge is 0.384 e. The summed E-state index contributed by atoms with van der Waals surface area (Å²) in [5, 5.41) is 2.62. The van der Waals surface area contributed by atoms with E-state index in [-0.39, 0.29) is 0 Å². The summed E-state index contributed by atoms with van der Waals surface area (Å²) in [6, 6.07) is 3.88. The first-order chi connectivity index (χ1) is 7.13. The van der Waals surface area contributed by atoms with Gasteiger partial charge in [0, 0.05) is 19.8 Å². The molecule has 5 nitrogen and oxygen atoms in total. The van der Waals surface area contributed by atoms with Crippen molar-refractivity contribution in [3.05, 3.63) is 44.5 Å². The maximum Gasteiger partial charge on any atom is 0.121 e. The molecule has 0 unspecified atom stereocenters. The van der Waals surface area contributed by atoms with Crippen LogP contribution in [0, 0.1) is 8.61 Å². The predicted molar refractivity (Wildman–Crippen MR) is 66.5 cm³/mol. The van der Waals surface area contributed by atoms with Gasteiger partial charge in [0.05, 0.1) is 0 Å². The molecular formula is C9H11IN4O. The first-order valence-corrected chi connectivity index (χ1v) is 5.31. The maximum absolute atomic E-state index is 9.97. The Hall–Kier alpha value is -1.18. The normalized spacial score (nSPS) is 11.2. The Balaban J connectivity index is 2.66. The van der Waals surface area contributed by atoms with Crippen LogP contribution in [-0.4, -0.2) is 16.9 Å². The summed E-state index contributed by atoms with van der Waals surface area (Å²) in [6.45, 7) is 0.599. The van der Waals surface area contributed by atoms with E-state index in [0.29, 0.717) is 12.4 Å². The van der Waals surface area contributed by atoms with E-state index in [9.17, 15) is 4.91 Å². The fourth-order valence-electron chi connectivity index (χ4n) is 1.02. The molecule has 80 valence electrons. The van der Waals surface area contributed by atoms with Crippen LogP contribution in [0.4, 0.5) is 0 Å². The Morgan fingerprint density at radius 2 is 2.47 bits per heavy atom. The standard InChI is InChI=1S/C9H11IN4O/c1-14(9(11)5-13-15)6-7-2-3-8(10)12-4-7/h2-5H,6,11H2,1H3/b9-5+. The van der Waals surface area contributed by atoms with Crippen molar-refractivity contribution in [1.29, 1.82) is 0 Å². The van der Waals surface area contributed by atoms with E-state index >= 15 is 0 Å². The van der Waals surface area contributed by atoms with Crippen LogP contribution in [0.3, 0.4) is 0 Å². The number of hydrogen-bond acceptors (Lipinski definition) is 5. The summed E-state index contributed by atoms with van der Waals surface area (Å²) < 4.78 is 0.942. The molecule has 0 bridgehead atoms. The van der Waals surface area contributed by atoms with Gasteiger partial charge in [0.2, 0.25) is 0 Å². The van der Waals surface area contributed by atoms with Crippen LogP contribution < -0.4 is 5.73 Å². The average Bonchev–Trinajstić information content (AvgIpc) is 2.22. The molecule has 0 aliphatic heterocycles. The molecule has 1 aromatic heterocycles. The zero-order valence-electron chi connectivity index (χ0n) is 8.22. The average molecular weight is 318 g/mol. The lowest BCUT2D eigenvalue weighted by molar-refractivity contribution is 0.404. The number of nitrogens with zero attached hydrogens (tertiary/aromatic N) is 3. The van der Waals surface area contributed by atoms with Crippen molar-refractivity contribution in [2.24, 2.45) is 10.9 Å². The SMILES string of the molecule is CN(Cc1ccc(I)nc1)/C(N)=C/N=O. The van der Waals surface area contributed by atoms with Gasteiger partial charge in [-0.1, -0.05) is 6.07 Å². The number of nitroso groups, excluding NO2 is 1. The number of nitrogens with two attached hydrogens (primary N) is 1. The fourth-order valence-corrected chi connectivity index (χ4v) is 1.34. The highest BCUT2D eigenvalue weighted by molar-refractivity contribution is 14.1. The third kappa shape index (κ3) is 3.82. The van der Waals surface area contributed by atoms with Gasteiger partial charge >= 0.3 is 0 Å². The summed E-state index contributed by atoms with van der Waals surface area (Å²) in [5.74, 6) is 0.337. The number of pyridine rings is 1. The molecule has 15 heavy (non-hydrogen) atoms. The van der Waals surface area contributed by atoms with Gasteiger partial charge in [0.15, 0.2) is 0 Å². The topological polar surface area (TPSA) is 71.6 Å². The first-order valence-electron chi connectivity index (χ1n) is 4.23. The number of halogens is 1. The molecule has 0 atom stereocenters. The van der Waals surface area contributed by atoms with Crippen molar-refractivity contribution in [1.82, 2.24) is 9.88 Å². The monoisotopic (exact) mass is 318 g/mol. The quantitative estimate of drug-likeness (QED) is 0.520. The van der Waals surface area contributed by atoms with E-state index in [2.05, 4.69) is 32.8 Å². The van der Waals surface area contributed by atoms with Crippen LogP contribution in [0.15, 0.2) is 35.5 Å². The Morgan fingerprint density at radius 3 is 3.00 bits per heavy atom. The zero-order chi connectivity index (χ0) is 11.3. The third-order valence-corrected chi connectivity index (χ3v) is 2.47. The first kappa shape index (κ1) is 11.9. The summed E-state index contributed by atoms with van der Waals surface area (Å²) >= 11 is 2.14. The van der Waals surface area contributed by atoms with Crippen LogP contribution in [0.1, 0.15) is 5.56 Å². The highest BCUT2D eigenvalue weighted by Crippen LogP contribution is 2.07. The van der Waals surface area contributed by atoms with Crippen molar-refractivity contribution in [2.75, 3.05) is 7.05 Å². The molecule has 0 saturated heterocycles. The lowest BCUT2D eigenvalue weighted by Crippen LogP contribution is -2.22. The number of hydrogen-bond donors (Lipinski definition) is 1. The van der Waals surface area contributed by atoms with Crippen LogP contribution >= 0.6 is 22.6 Å². The smallest absolute Gasteiger partial charge is 0.121 e. The summed E-state index contributed by atoms with van der Waals surface area (Å²) in [6.07, 6.45) is 2.86. The molecule has 1 rings (SSSR count). The minimum absolute atomic E-state index is 0.337. The van der Waals surface area contributed by atoms with Crippen LogP contribution in [-0.2, 0) is 6.54 Å². The molecule has 2 N–H and O–H groups in total. The van der Waals surface area contributed by atoms with Crippen molar-refractivity contribution in [3.63, 3.8) is 0 Å². The van der Waals surface area contributed by atoms with Crippen molar-refractivity contribution < 1.29 is 0 Å². The van der Waals surface area contributed by atoms with Crippen LogP contribution in [0.5, 0.6) is 0 Å². The lowest BCUT2D eigenvalue weighted by Gasteiger charge is -2.17. The minimum atomic E-state index is 0.337. The third-order valence-electron chi connectivity index (χ3n) is 1.83. The maximum atomic E-state index is 9.97. The van der Waals surface area contributed by atoms with E-state index in [4.69, 9.17) is 5.73 Å². The van der Waals surface area contributed by atoms with Gasteiger partial charge in [-0.3, -0.25) is 0 Å². The fraction of sp³-hybridized carbons (Fsp3) is 0.222. The molecular weight excluding hydrogens is 307 g/mol. The predicted octanol–water partition coefficient (Wildman–Crippen LogP) is 1.64. The molecule has 0 fully saturated rings. The highest BCUT2D eigenvalue weighted by Gasteiger charge is 2.01. The van der Waals surface area contributed by atoms with Crippen molar-refractivity contribution in [2.45, 2.75) is 6.54 Å². The highest BCUT2D eigenvalue weighted by atomic mass is 127. The van der Waals surface area contributed by atoms with Crippen molar-refractivity contribution in [3.8, 4) is 0 Å². The molecule has 0 radical (unpaired) electrons. The van der Waals surface area contributed by atoms with Gasteiger partial charge in [0.25, 0.3) is 0 Å². The molecule has 1 aromatic rings.